The Morgan fingerprint density at radius 1 is 1.27 bits per heavy atom. The van der Waals surface area contributed by atoms with Gasteiger partial charge in [-0.25, -0.2) is 4.98 Å². The number of hydrogen-bond donors (Lipinski definition) is 2. The van der Waals surface area contributed by atoms with Crippen LogP contribution in [0.3, 0.4) is 0 Å². The van der Waals surface area contributed by atoms with Crippen molar-refractivity contribution in [2.75, 3.05) is 5.32 Å². The molecule has 0 aliphatic heterocycles. The number of aromatic nitrogens is 4. The molecule has 152 valence electrons. The van der Waals surface area contributed by atoms with Crippen LogP contribution in [0.4, 0.5) is 5.13 Å². The Morgan fingerprint density at radius 3 is 3.00 bits per heavy atom. The average Bonchev–Trinajstić information content (AvgIpc) is 3.53. The molecule has 5 aromatic rings. The van der Waals surface area contributed by atoms with Gasteiger partial charge in [-0.05, 0) is 30.5 Å². The molecule has 7 nitrogen and oxygen atoms in total. The van der Waals surface area contributed by atoms with Crippen LogP contribution < -0.4 is 10.9 Å². The van der Waals surface area contributed by atoms with Crippen molar-refractivity contribution in [1.82, 2.24) is 20.2 Å². The molecule has 0 bridgehead atoms. The lowest BCUT2D eigenvalue weighted by molar-refractivity contribution is 0.518. The summed E-state index contributed by atoms with van der Waals surface area (Å²) < 4.78 is 6.11. The van der Waals surface area contributed by atoms with E-state index in [1.165, 1.54) is 34.4 Å². The normalized spacial score (nSPS) is 12.4. The number of furan rings is 1. The van der Waals surface area contributed by atoms with Crippen LogP contribution in [0.25, 0.3) is 20.7 Å². The van der Waals surface area contributed by atoms with Gasteiger partial charge in [0.1, 0.15) is 16.4 Å². The molecule has 0 saturated carbocycles. The molecule has 5 aromatic heterocycles. The number of thioether (sulfide) groups is 1. The molecule has 0 radical (unpaired) electrons. The number of nitrogens with one attached hydrogen (secondary N) is 2. The molecule has 0 aromatic carbocycles. The Morgan fingerprint density at radius 2 is 2.20 bits per heavy atom. The zero-order valence-corrected chi connectivity index (χ0v) is 18.9. The second kappa shape index (κ2) is 8.34. The van der Waals surface area contributed by atoms with Crippen molar-refractivity contribution >= 4 is 61.1 Å². The first-order valence-electron chi connectivity index (χ1n) is 8.99. The molecule has 0 aliphatic carbocycles. The van der Waals surface area contributed by atoms with E-state index < -0.39 is 0 Å². The first kappa shape index (κ1) is 19.5. The summed E-state index contributed by atoms with van der Waals surface area (Å²) in [5, 5.41) is 16.9. The van der Waals surface area contributed by atoms with Crippen molar-refractivity contribution in [2.45, 2.75) is 23.1 Å². The number of aromatic amines is 1. The van der Waals surface area contributed by atoms with E-state index in [1.54, 1.807) is 17.6 Å². The third-order valence-electron chi connectivity index (χ3n) is 4.31. The molecule has 11 heteroatoms. The number of rotatable bonds is 7. The second-order valence-electron chi connectivity index (χ2n) is 6.32. The molecule has 2 N–H and O–H groups in total. The van der Waals surface area contributed by atoms with Crippen molar-refractivity contribution in [1.29, 1.82) is 0 Å². The van der Waals surface area contributed by atoms with Crippen LogP contribution in [0.5, 0.6) is 0 Å². The molecule has 5 rings (SSSR count). The lowest BCUT2D eigenvalue weighted by Crippen LogP contribution is -2.12. The minimum absolute atomic E-state index is 0.0692. The molecule has 0 spiro atoms. The summed E-state index contributed by atoms with van der Waals surface area (Å²) in [7, 11) is 0. The molecule has 0 amide bonds. The maximum Gasteiger partial charge on any atom is 0.260 e. The zero-order chi connectivity index (χ0) is 20.5. The summed E-state index contributed by atoms with van der Waals surface area (Å²) >= 11 is 6.09. The van der Waals surface area contributed by atoms with Gasteiger partial charge in [0.2, 0.25) is 5.13 Å². The van der Waals surface area contributed by atoms with Crippen LogP contribution in [0.1, 0.15) is 23.8 Å². The first-order valence-corrected chi connectivity index (χ1v) is 12.4. The van der Waals surface area contributed by atoms with Crippen molar-refractivity contribution in [3.05, 3.63) is 63.2 Å². The highest BCUT2D eigenvalue weighted by atomic mass is 32.2. The van der Waals surface area contributed by atoms with Gasteiger partial charge in [0.25, 0.3) is 5.56 Å². The Bertz CT molecular complexity index is 1320. The number of fused-ring (bicyclic) bond motifs is 1. The van der Waals surface area contributed by atoms with E-state index >= 15 is 0 Å². The number of thiophene rings is 2. The van der Waals surface area contributed by atoms with E-state index in [9.17, 15) is 4.79 Å². The predicted octanol–water partition coefficient (Wildman–Crippen LogP) is 5.62. The maximum atomic E-state index is 12.8. The number of H-pyrrole nitrogens is 1. The van der Waals surface area contributed by atoms with E-state index in [4.69, 9.17) is 9.40 Å². The second-order valence-corrected chi connectivity index (χ2v) is 10.7. The summed E-state index contributed by atoms with van der Waals surface area (Å²) in [5.74, 6) is 1.47. The van der Waals surface area contributed by atoms with Gasteiger partial charge in [-0.15, -0.1) is 32.9 Å². The van der Waals surface area contributed by atoms with Crippen LogP contribution in [0.2, 0.25) is 0 Å². The van der Waals surface area contributed by atoms with Crippen molar-refractivity contribution in [3.63, 3.8) is 0 Å². The van der Waals surface area contributed by atoms with Crippen LogP contribution in [0.15, 0.2) is 54.8 Å². The van der Waals surface area contributed by atoms with Gasteiger partial charge >= 0.3 is 0 Å². The quantitative estimate of drug-likeness (QED) is 0.296. The third kappa shape index (κ3) is 3.93. The van der Waals surface area contributed by atoms with Gasteiger partial charge in [-0.3, -0.25) is 4.79 Å². The van der Waals surface area contributed by atoms with Crippen LogP contribution in [-0.4, -0.2) is 20.2 Å². The molecule has 30 heavy (non-hydrogen) atoms. The molecule has 0 fully saturated rings. The highest BCUT2D eigenvalue weighted by Crippen LogP contribution is 2.38. The molecular weight excluding hydrogens is 459 g/mol. The Labute approximate surface area is 187 Å². The fraction of sp³-hybridized carbons (Fsp3) is 0.158. The average molecular weight is 474 g/mol. The fourth-order valence-corrected chi connectivity index (χ4v) is 6.60. The first-order chi connectivity index (χ1) is 14.7. The lowest BCUT2D eigenvalue weighted by Gasteiger charge is -2.08. The predicted molar refractivity (Wildman–Crippen MR) is 124 cm³/mol. The largest absolute Gasteiger partial charge is 0.467 e. The smallest absolute Gasteiger partial charge is 0.260 e. The Balaban J connectivity index is 1.33. The van der Waals surface area contributed by atoms with Gasteiger partial charge in [-0.2, -0.15) is 0 Å². The van der Waals surface area contributed by atoms with Gasteiger partial charge in [0.15, 0.2) is 4.34 Å². The standard InChI is InChI=1S/C19H15N5O2S4/c1-10(29-19-24-23-18(30-19)20-8-11-4-2-6-26-11)15-21-16(25)14-12(9-28-17(14)22-15)13-5-3-7-27-13/h2-7,9-10H,8H2,1H3,(H,20,23)(H,21,22,25). The van der Waals surface area contributed by atoms with Crippen molar-refractivity contribution in [2.24, 2.45) is 0 Å². The summed E-state index contributed by atoms with van der Waals surface area (Å²) in [6.45, 7) is 2.55. The number of nitrogens with zero attached hydrogens (tertiary/aromatic N) is 3. The minimum Gasteiger partial charge on any atom is -0.467 e. The maximum absolute atomic E-state index is 12.8. The van der Waals surface area contributed by atoms with Crippen LogP contribution in [0, 0.1) is 0 Å². The summed E-state index contributed by atoms with van der Waals surface area (Å²) in [6, 6.07) is 7.75. The minimum atomic E-state index is -0.106. The number of hydrogen-bond acceptors (Lipinski definition) is 10. The van der Waals surface area contributed by atoms with E-state index in [1.807, 2.05) is 41.9 Å². The van der Waals surface area contributed by atoms with Gasteiger partial charge in [0.05, 0.1) is 23.4 Å². The lowest BCUT2D eigenvalue weighted by atomic mass is 10.2. The summed E-state index contributed by atoms with van der Waals surface area (Å²) in [5.41, 5.74) is 0.840. The summed E-state index contributed by atoms with van der Waals surface area (Å²) in [6.07, 6.45) is 1.64. The topological polar surface area (TPSA) is 96.7 Å². The van der Waals surface area contributed by atoms with Gasteiger partial charge < -0.3 is 14.7 Å². The van der Waals surface area contributed by atoms with Gasteiger partial charge in [-0.1, -0.05) is 29.2 Å². The van der Waals surface area contributed by atoms with E-state index in [0.29, 0.717) is 17.8 Å². The third-order valence-corrected chi connectivity index (χ3v) is 8.16. The molecule has 0 aliphatic rings. The van der Waals surface area contributed by atoms with Crippen LogP contribution >= 0.6 is 45.8 Å². The van der Waals surface area contributed by atoms with E-state index in [0.717, 1.165) is 30.5 Å². The monoisotopic (exact) mass is 473 g/mol. The molecule has 0 saturated heterocycles. The van der Waals surface area contributed by atoms with Crippen LogP contribution in [-0.2, 0) is 6.54 Å². The van der Waals surface area contributed by atoms with Crippen molar-refractivity contribution in [3.8, 4) is 10.4 Å². The zero-order valence-electron chi connectivity index (χ0n) is 15.6. The number of anilines is 1. The molecular formula is C19H15N5O2S4. The highest BCUT2D eigenvalue weighted by molar-refractivity contribution is 8.01. The summed E-state index contributed by atoms with van der Waals surface area (Å²) in [4.78, 5) is 22.3. The van der Waals surface area contributed by atoms with Gasteiger partial charge in [0, 0.05) is 15.8 Å². The Kier molecular flexibility index (Phi) is 5.42. The van der Waals surface area contributed by atoms with Crippen molar-refractivity contribution < 1.29 is 4.42 Å². The molecule has 1 atom stereocenters. The van der Waals surface area contributed by atoms with E-state index in [2.05, 4.69) is 20.5 Å². The molecule has 5 heterocycles. The SMILES string of the molecule is CC(Sc1nnc(NCc2ccco2)s1)c1nc2scc(-c3cccs3)c2c(=O)[nH]1. The molecule has 1 unspecified atom stereocenters. The highest BCUT2D eigenvalue weighted by Gasteiger charge is 2.18. The van der Waals surface area contributed by atoms with E-state index in [-0.39, 0.29) is 10.8 Å². The Hall–Kier alpha value is -2.47. The fourth-order valence-electron chi connectivity index (χ4n) is 2.88.